The van der Waals surface area contributed by atoms with E-state index in [1.807, 2.05) is 22.6 Å². The van der Waals surface area contributed by atoms with E-state index in [2.05, 4.69) is 15.3 Å². The summed E-state index contributed by atoms with van der Waals surface area (Å²) in [4.78, 5) is 21.7. The number of nitrogens with zero attached hydrogens (tertiary/aromatic N) is 3. The molecule has 1 aromatic heterocycles. The molecule has 0 radical (unpaired) electrons. The Morgan fingerprint density at radius 1 is 1.19 bits per heavy atom. The first-order valence-corrected chi connectivity index (χ1v) is 10.5. The third-order valence-electron chi connectivity index (χ3n) is 5.23. The number of hydrogen-bond donors (Lipinski definition) is 1. The van der Waals surface area contributed by atoms with Crippen molar-refractivity contribution in [2.75, 3.05) is 11.4 Å². The summed E-state index contributed by atoms with van der Waals surface area (Å²) in [5.41, 5.74) is 0. The summed E-state index contributed by atoms with van der Waals surface area (Å²) in [6.07, 6.45) is 0.850. The Bertz CT molecular complexity index is 664. The third-order valence-corrected chi connectivity index (χ3v) is 5.95. The largest absolute Gasteiger partial charge is 0.408 e. The van der Waals surface area contributed by atoms with Crippen molar-refractivity contribution in [3.05, 3.63) is 15.1 Å². The van der Waals surface area contributed by atoms with Gasteiger partial charge in [0.05, 0.1) is 5.92 Å². The molecule has 10 heteroatoms. The van der Waals surface area contributed by atoms with Gasteiger partial charge in [-0.15, -0.1) is 0 Å². The number of aromatic nitrogens is 2. The Morgan fingerprint density at radius 3 is 2.52 bits per heavy atom. The molecule has 1 aromatic rings. The fourth-order valence-corrected chi connectivity index (χ4v) is 4.70. The zero-order chi connectivity index (χ0) is 19.6. The van der Waals surface area contributed by atoms with Crippen molar-refractivity contribution in [3.8, 4) is 0 Å². The second kappa shape index (κ2) is 8.67. The minimum atomic E-state index is -4.41. The minimum Gasteiger partial charge on any atom is -0.353 e. The van der Waals surface area contributed by atoms with Gasteiger partial charge in [0, 0.05) is 18.7 Å². The Morgan fingerprint density at radius 2 is 1.89 bits per heavy atom. The third kappa shape index (κ3) is 5.36. The molecule has 1 saturated heterocycles. The Hall–Kier alpha value is -0.840. The van der Waals surface area contributed by atoms with Crippen molar-refractivity contribution < 1.29 is 18.0 Å². The molecule has 1 saturated carbocycles. The summed E-state index contributed by atoms with van der Waals surface area (Å²) in [6.45, 7) is -0.0356. The van der Waals surface area contributed by atoms with Gasteiger partial charge in [-0.25, -0.2) is 9.97 Å². The van der Waals surface area contributed by atoms with Gasteiger partial charge < -0.3 is 10.2 Å². The molecule has 2 unspecified atom stereocenters. The van der Waals surface area contributed by atoms with Gasteiger partial charge in [0.1, 0.15) is 15.6 Å². The fraction of sp³-hybridized carbons (Fsp3) is 0.706. The zero-order valence-electron chi connectivity index (χ0n) is 14.6. The van der Waals surface area contributed by atoms with Crippen LogP contribution in [0.4, 0.5) is 19.0 Å². The van der Waals surface area contributed by atoms with Crippen molar-refractivity contribution in [1.29, 1.82) is 0 Å². The van der Waals surface area contributed by atoms with E-state index < -0.39 is 18.1 Å². The predicted molar refractivity (Wildman–Crippen MR) is 105 cm³/mol. The summed E-state index contributed by atoms with van der Waals surface area (Å²) < 4.78 is 41.1. The topological polar surface area (TPSA) is 58.1 Å². The summed E-state index contributed by atoms with van der Waals surface area (Å²) >= 11 is 7.73. The van der Waals surface area contributed by atoms with E-state index in [-0.39, 0.29) is 42.4 Å². The number of nitrogens with one attached hydrogen (secondary N) is 1. The van der Waals surface area contributed by atoms with E-state index in [1.165, 1.54) is 12.5 Å². The average molecular weight is 517 g/mol. The summed E-state index contributed by atoms with van der Waals surface area (Å²) in [6, 6.07) is -0.0837. The van der Waals surface area contributed by atoms with Crippen LogP contribution in [0.15, 0.2) is 6.07 Å². The van der Waals surface area contributed by atoms with Crippen LogP contribution in [0.5, 0.6) is 0 Å². The molecule has 1 amide bonds. The van der Waals surface area contributed by atoms with Crippen LogP contribution >= 0.6 is 34.2 Å². The van der Waals surface area contributed by atoms with Crippen LogP contribution in [-0.2, 0) is 4.79 Å². The van der Waals surface area contributed by atoms with Crippen molar-refractivity contribution in [1.82, 2.24) is 15.3 Å². The lowest BCUT2D eigenvalue weighted by molar-refractivity contribution is -0.156. The maximum Gasteiger partial charge on any atom is 0.408 e. The van der Waals surface area contributed by atoms with Crippen LogP contribution in [0.2, 0.25) is 5.28 Å². The average Bonchev–Trinajstić information content (AvgIpc) is 2.60. The molecule has 1 aliphatic carbocycles. The predicted octanol–water partition coefficient (Wildman–Crippen LogP) is 4.33. The molecule has 2 fully saturated rings. The van der Waals surface area contributed by atoms with Gasteiger partial charge in [-0.1, -0.05) is 19.3 Å². The van der Waals surface area contributed by atoms with Crippen LogP contribution < -0.4 is 10.2 Å². The smallest absolute Gasteiger partial charge is 0.353 e. The summed E-state index contributed by atoms with van der Waals surface area (Å²) in [7, 11) is 0. The first-order valence-electron chi connectivity index (χ1n) is 9.08. The normalized spacial score (nSPS) is 24.7. The van der Waals surface area contributed by atoms with E-state index >= 15 is 0 Å². The van der Waals surface area contributed by atoms with Crippen LogP contribution in [0.25, 0.3) is 0 Å². The molecule has 0 aromatic carbocycles. The van der Waals surface area contributed by atoms with Gasteiger partial charge in [-0.05, 0) is 59.9 Å². The Balaban J connectivity index is 1.77. The van der Waals surface area contributed by atoms with Gasteiger partial charge in [0.2, 0.25) is 11.2 Å². The number of halogens is 5. The second-order valence-electron chi connectivity index (χ2n) is 7.15. The highest BCUT2D eigenvalue weighted by atomic mass is 127. The second-order valence-corrected chi connectivity index (χ2v) is 8.59. The van der Waals surface area contributed by atoms with Crippen molar-refractivity contribution in [2.45, 2.75) is 63.2 Å². The Kier molecular flexibility index (Phi) is 6.70. The fourth-order valence-electron chi connectivity index (χ4n) is 3.87. The zero-order valence-corrected chi connectivity index (χ0v) is 17.5. The number of alkyl halides is 3. The molecule has 0 spiro atoms. The lowest BCUT2D eigenvalue weighted by Gasteiger charge is -2.41. The number of rotatable bonds is 3. The van der Waals surface area contributed by atoms with Crippen LogP contribution in [0.1, 0.15) is 44.9 Å². The number of anilines is 1. The van der Waals surface area contributed by atoms with Gasteiger partial charge in [-0.3, -0.25) is 4.79 Å². The van der Waals surface area contributed by atoms with E-state index in [0.29, 0.717) is 3.70 Å². The first kappa shape index (κ1) is 20.9. The lowest BCUT2D eigenvalue weighted by atomic mass is 9.90. The van der Waals surface area contributed by atoms with E-state index in [4.69, 9.17) is 11.6 Å². The van der Waals surface area contributed by atoms with Crippen molar-refractivity contribution in [2.24, 2.45) is 5.92 Å². The summed E-state index contributed by atoms with van der Waals surface area (Å²) in [5, 5.41) is 2.92. The van der Waals surface area contributed by atoms with Crippen molar-refractivity contribution >= 4 is 45.9 Å². The van der Waals surface area contributed by atoms with Gasteiger partial charge >= 0.3 is 6.18 Å². The molecule has 0 bridgehead atoms. The monoisotopic (exact) mass is 516 g/mol. The maximum absolute atomic E-state index is 13.6. The molecule has 3 rings (SSSR count). The number of amides is 1. The van der Waals surface area contributed by atoms with E-state index in [0.717, 1.165) is 30.6 Å². The molecular formula is C17H21ClF3IN4O. The number of carbonyl (C=O) groups is 1. The molecule has 5 nitrogen and oxygen atoms in total. The number of piperidine rings is 1. The van der Waals surface area contributed by atoms with Crippen LogP contribution in [0, 0.1) is 9.62 Å². The van der Waals surface area contributed by atoms with Crippen LogP contribution in [-0.4, -0.2) is 40.7 Å². The standard InChI is InChI=1S/C17H21ClF3IN4O/c18-16-24-13(22)8-14(25-16)26-9-10(6-7-12(26)17(19,20)21)15(27)23-11-4-2-1-3-5-11/h8,10-12H,1-7,9H2,(H,23,27). The highest BCUT2D eigenvalue weighted by molar-refractivity contribution is 14.1. The molecule has 1 aliphatic heterocycles. The summed E-state index contributed by atoms with van der Waals surface area (Å²) in [5.74, 6) is -0.559. The van der Waals surface area contributed by atoms with Gasteiger partial charge in [0.15, 0.2) is 0 Å². The highest BCUT2D eigenvalue weighted by Crippen LogP contribution is 2.37. The molecule has 2 heterocycles. The minimum absolute atomic E-state index is 0.0356. The van der Waals surface area contributed by atoms with E-state index in [9.17, 15) is 18.0 Å². The van der Waals surface area contributed by atoms with E-state index in [1.54, 1.807) is 0 Å². The lowest BCUT2D eigenvalue weighted by Crippen LogP contribution is -2.55. The molecule has 150 valence electrons. The molecule has 2 atom stereocenters. The first-order chi connectivity index (χ1) is 12.7. The number of carbonyl (C=O) groups excluding carboxylic acids is 1. The Labute approximate surface area is 174 Å². The molecule has 1 N–H and O–H groups in total. The van der Waals surface area contributed by atoms with Crippen molar-refractivity contribution in [3.63, 3.8) is 0 Å². The van der Waals surface area contributed by atoms with Gasteiger partial charge in [-0.2, -0.15) is 13.2 Å². The molecule has 27 heavy (non-hydrogen) atoms. The number of hydrogen-bond acceptors (Lipinski definition) is 4. The SMILES string of the molecule is O=C(NC1CCCCC1)C1CCC(C(F)(F)F)N(c2cc(I)nc(Cl)n2)C1. The van der Waals surface area contributed by atoms with Crippen LogP contribution in [0.3, 0.4) is 0 Å². The maximum atomic E-state index is 13.6. The quantitative estimate of drug-likeness (QED) is 0.369. The van der Waals surface area contributed by atoms with Gasteiger partial charge in [0.25, 0.3) is 0 Å². The highest BCUT2D eigenvalue weighted by Gasteiger charge is 2.48. The molecular weight excluding hydrogens is 496 g/mol. The molecule has 2 aliphatic rings.